The average Bonchev–Trinajstić information content (AvgIpc) is 3.36. The predicted octanol–water partition coefficient (Wildman–Crippen LogP) is 4.01. The maximum atomic E-state index is 13.0. The smallest absolute Gasteiger partial charge is 0.226 e. The second kappa shape index (κ2) is 6.94. The third-order valence-corrected chi connectivity index (χ3v) is 4.49. The molecule has 0 fully saturated rings. The Morgan fingerprint density at radius 3 is 2.80 bits per heavy atom. The van der Waals surface area contributed by atoms with Gasteiger partial charge in [0.1, 0.15) is 24.2 Å². The Morgan fingerprint density at radius 2 is 2.00 bits per heavy atom. The molecule has 0 amide bonds. The van der Waals surface area contributed by atoms with E-state index in [1.54, 1.807) is 31.0 Å². The van der Waals surface area contributed by atoms with Crippen LogP contribution in [0.2, 0.25) is 0 Å². The van der Waals surface area contributed by atoms with E-state index in [0.717, 1.165) is 22.2 Å². The molecule has 8 heteroatoms. The van der Waals surface area contributed by atoms with Gasteiger partial charge in [0, 0.05) is 11.3 Å². The molecule has 0 aliphatic heterocycles. The fourth-order valence-electron chi connectivity index (χ4n) is 2.27. The van der Waals surface area contributed by atoms with Gasteiger partial charge in [-0.25, -0.2) is 9.37 Å². The number of benzene rings is 1. The molecule has 0 N–H and O–H groups in total. The molecule has 0 atom stereocenters. The Labute approximate surface area is 146 Å². The van der Waals surface area contributed by atoms with Gasteiger partial charge < -0.3 is 13.4 Å². The minimum absolute atomic E-state index is 0.290. The molecule has 1 aromatic carbocycles. The summed E-state index contributed by atoms with van der Waals surface area (Å²) in [5, 5.41) is 8.83. The average molecular weight is 356 g/mol. The van der Waals surface area contributed by atoms with E-state index in [1.165, 1.54) is 23.9 Å². The van der Waals surface area contributed by atoms with Crippen LogP contribution in [0.25, 0.3) is 11.5 Å². The van der Waals surface area contributed by atoms with E-state index in [2.05, 4.69) is 15.2 Å². The maximum Gasteiger partial charge on any atom is 0.226 e. The summed E-state index contributed by atoms with van der Waals surface area (Å²) in [5.41, 5.74) is 1.51. The highest BCUT2D eigenvalue weighted by atomic mass is 32.2. The van der Waals surface area contributed by atoms with Crippen LogP contribution in [0.5, 0.6) is 0 Å². The topological polar surface area (TPSA) is 69.9 Å². The maximum absolute atomic E-state index is 13.0. The number of halogens is 1. The van der Waals surface area contributed by atoms with Gasteiger partial charge in [-0.3, -0.25) is 0 Å². The molecular formula is C17H13FN4O2S. The van der Waals surface area contributed by atoms with E-state index in [-0.39, 0.29) is 5.82 Å². The zero-order valence-corrected chi connectivity index (χ0v) is 13.8. The van der Waals surface area contributed by atoms with Gasteiger partial charge in [0.15, 0.2) is 5.16 Å². The molecule has 0 bridgehead atoms. The number of rotatable bonds is 6. The highest BCUT2D eigenvalue weighted by Crippen LogP contribution is 2.24. The van der Waals surface area contributed by atoms with Gasteiger partial charge in [-0.15, -0.1) is 10.2 Å². The quantitative estimate of drug-likeness (QED) is 0.486. The summed E-state index contributed by atoms with van der Waals surface area (Å²) in [6.07, 6.45) is 4.90. The van der Waals surface area contributed by atoms with Gasteiger partial charge in [0.25, 0.3) is 0 Å². The van der Waals surface area contributed by atoms with Crippen molar-refractivity contribution < 1.29 is 13.2 Å². The van der Waals surface area contributed by atoms with Crippen molar-refractivity contribution >= 4 is 11.8 Å². The Kier molecular flexibility index (Phi) is 4.34. The second-order valence-electron chi connectivity index (χ2n) is 5.26. The molecule has 6 nitrogen and oxygen atoms in total. The number of oxazole rings is 1. The van der Waals surface area contributed by atoms with Crippen molar-refractivity contribution in [3.63, 3.8) is 0 Å². The molecule has 0 saturated carbocycles. The van der Waals surface area contributed by atoms with Crippen LogP contribution in [-0.2, 0) is 12.3 Å². The van der Waals surface area contributed by atoms with Crippen LogP contribution < -0.4 is 0 Å². The van der Waals surface area contributed by atoms with Gasteiger partial charge in [-0.05, 0) is 36.4 Å². The minimum atomic E-state index is -0.290. The van der Waals surface area contributed by atoms with Crippen LogP contribution in [0.1, 0.15) is 11.5 Å². The van der Waals surface area contributed by atoms with Gasteiger partial charge in [-0.1, -0.05) is 11.8 Å². The van der Waals surface area contributed by atoms with E-state index >= 15 is 0 Å². The summed E-state index contributed by atoms with van der Waals surface area (Å²) in [6.45, 7) is 0.571. The van der Waals surface area contributed by atoms with Crippen LogP contribution in [0.3, 0.4) is 0 Å². The zero-order chi connectivity index (χ0) is 17.1. The first-order valence-corrected chi connectivity index (χ1v) is 8.50. The summed E-state index contributed by atoms with van der Waals surface area (Å²) < 4.78 is 25.7. The van der Waals surface area contributed by atoms with Crippen LogP contribution in [0.4, 0.5) is 4.39 Å². The standard InChI is InChI=1S/C17H13FN4O2S/c18-13-5-3-12(4-6-13)16-20-14(9-24-16)10-25-17-21-19-11-22(17)8-15-2-1-7-23-15/h1-7,9,11H,8,10H2. The molecule has 0 aliphatic rings. The first kappa shape index (κ1) is 15.6. The van der Waals surface area contributed by atoms with Crippen molar-refractivity contribution in [2.45, 2.75) is 17.5 Å². The summed E-state index contributed by atoms with van der Waals surface area (Å²) >= 11 is 1.50. The third-order valence-electron chi connectivity index (χ3n) is 3.48. The second-order valence-corrected chi connectivity index (χ2v) is 6.20. The molecule has 3 aromatic heterocycles. The summed E-state index contributed by atoms with van der Waals surface area (Å²) in [5.74, 6) is 1.60. The van der Waals surface area contributed by atoms with Gasteiger partial charge in [0.05, 0.1) is 18.5 Å². The molecule has 126 valence electrons. The molecule has 4 aromatic rings. The molecule has 0 radical (unpaired) electrons. The normalized spacial score (nSPS) is 11.1. The van der Waals surface area contributed by atoms with E-state index in [4.69, 9.17) is 8.83 Å². The number of aromatic nitrogens is 4. The minimum Gasteiger partial charge on any atom is -0.467 e. The summed E-state index contributed by atoms with van der Waals surface area (Å²) in [6, 6.07) is 9.78. The van der Waals surface area contributed by atoms with Gasteiger partial charge in [0.2, 0.25) is 5.89 Å². The van der Waals surface area contributed by atoms with Crippen molar-refractivity contribution in [1.82, 2.24) is 19.7 Å². The molecule has 0 spiro atoms. The lowest BCUT2D eigenvalue weighted by molar-refractivity contribution is 0.484. The molecule has 0 unspecified atom stereocenters. The van der Waals surface area contributed by atoms with Crippen LogP contribution in [0, 0.1) is 5.82 Å². The Balaban J connectivity index is 1.42. The lowest BCUT2D eigenvalue weighted by Crippen LogP contribution is -1.99. The molecule has 3 heterocycles. The number of nitrogens with zero attached hydrogens (tertiary/aromatic N) is 4. The highest BCUT2D eigenvalue weighted by Gasteiger charge is 2.11. The zero-order valence-electron chi connectivity index (χ0n) is 13.0. The van der Waals surface area contributed by atoms with Crippen molar-refractivity contribution in [3.05, 3.63) is 72.5 Å². The Bertz CT molecular complexity index is 947. The number of hydrogen-bond donors (Lipinski definition) is 0. The SMILES string of the molecule is Fc1ccc(-c2nc(CSc3nncn3Cc3ccco3)co2)cc1. The lowest BCUT2D eigenvalue weighted by atomic mass is 10.2. The van der Waals surface area contributed by atoms with Crippen molar-refractivity contribution in [2.75, 3.05) is 0 Å². The van der Waals surface area contributed by atoms with Crippen LogP contribution in [-0.4, -0.2) is 19.7 Å². The first-order valence-electron chi connectivity index (χ1n) is 7.51. The van der Waals surface area contributed by atoms with E-state index in [1.807, 2.05) is 16.7 Å². The highest BCUT2D eigenvalue weighted by molar-refractivity contribution is 7.98. The van der Waals surface area contributed by atoms with Crippen LogP contribution in [0.15, 0.2) is 69.2 Å². The Hall–Kier alpha value is -2.87. The summed E-state index contributed by atoms with van der Waals surface area (Å²) in [4.78, 5) is 4.43. The summed E-state index contributed by atoms with van der Waals surface area (Å²) in [7, 11) is 0. The molecule has 0 aliphatic carbocycles. The molecule has 0 saturated heterocycles. The van der Waals surface area contributed by atoms with Crippen molar-refractivity contribution in [3.8, 4) is 11.5 Å². The first-order chi connectivity index (χ1) is 12.3. The molecular weight excluding hydrogens is 343 g/mol. The molecule has 25 heavy (non-hydrogen) atoms. The third kappa shape index (κ3) is 3.63. The van der Waals surface area contributed by atoms with E-state index in [9.17, 15) is 4.39 Å². The van der Waals surface area contributed by atoms with Crippen molar-refractivity contribution in [1.29, 1.82) is 0 Å². The predicted molar refractivity (Wildman–Crippen MR) is 89.3 cm³/mol. The van der Waals surface area contributed by atoms with Crippen LogP contribution >= 0.6 is 11.8 Å². The number of hydrogen-bond acceptors (Lipinski definition) is 6. The van der Waals surface area contributed by atoms with Crippen molar-refractivity contribution in [2.24, 2.45) is 0 Å². The molecule has 4 rings (SSSR count). The Morgan fingerprint density at radius 1 is 1.12 bits per heavy atom. The van der Waals surface area contributed by atoms with Gasteiger partial charge >= 0.3 is 0 Å². The number of thioether (sulfide) groups is 1. The largest absolute Gasteiger partial charge is 0.467 e. The fourth-order valence-corrected chi connectivity index (χ4v) is 3.06. The number of furan rings is 1. The lowest BCUT2D eigenvalue weighted by Gasteiger charge is -2.02. The van der Waals surface area contributed by atoms with E-state index < -0.39 is 0 Å². The van der Waals surface area contributed by atoms with Gasteiger partial charge in [-0.2, -0.15) is 0 Å². The van der Waals surface area contributed by atoms with E-state index in [0.29, 0.717) is 18.2 Å². The monoisotopic (exact) mass is 356 g/mol. The fraction of sp³-hybridized carbons (Fsp3) is 0.118.